The zero-order valence-electron chi connectivity index (χ0n) is 9.37. The molecule has 0 aliphatic carbocycles. The molecule has 0 unspecified atom stereocenters. The lowest BCUT2D eigenvalue weighted by molar-refractivity contribution is -0.107. The van der Waals surface area contributed by atoms with Crippen molar-refractivity contribution in [1.82, 2.24) is 4.90 Å². The van der Waals surface area contributed by atoms with Crippen LogP contribution in [0, 0.1) is 5.92 Å². The van der Waals surface area contributed by atoms with E-state index in [2.05, 4.69) is 11.8 Å². The van der Waals surface area contributed by atoms with Gasteiger partial charge < -0.3 is 9.69 Å². The van der Waals surface area contributed by atoms with E-state index < -0.39 is 0 Å². The fourth-order valence-corrected chi connectivity index (χ4v) is 2.25. The Balaban J connectivity index is 2.08. The third-order valence-electron chi connectivity index (χ3n) is 3.23. The van der Waals surface area contributed by atoms with Crippen molar-refractivity contribution in [3.8, 4) is 0 Å². The summed E-state index contributed by atoms with van der Waals surface area (Å²) in [5.41, 5.74) is 0. The van der Waals surface area contributed by atoms with Gasteiger partial charge in [-0.15, -0.1) is 0 Å². The molecule has 0 aromatic carbocycles. The fraction of sp³-hybridized carbons (Fsp3) is 0.917. The van der Waals surface area contributed by atoms with Crippen LogP contribution < -0.4 is 0 Å². The Bertz CT molecular complexity index is 158. The second kappa shape index (κ2) is 6.99. The van der Waals surface area contributed by atoms with Crippen LogP contribution in [0.25, 0.3) is 0 Å². The molecule has 2 nitrogen and oxygen atoms in total. The molecule has 0 amide bonds. The molecular weight excluding hydrogens is 174 g/mol. The van der Waals surface area contributed by atoms with E-state index in [4.69, 9.17) is 0 Å². The van der Waals surface area contributed by atoms with E-state index in [1.165, 1.54) is 45.3 Å². The van der Waals surface area contributed by atoms with Crippen molar-refractivity contribution in [1.29, 1.82) is 0 Å². The van der Waals surface area contributed by atoms with Gasteiger partial charge in [-0.05, 0) is 44.7 Å². The first-order valence-corrected chi connectivity index (χ1v) is 6.02. The SMILES string of the molecule is CC[C@@H]1CCCN(CCCCC=O)C1. The number of carbonyl (C=O) groups excluding carboxylic acids is 1. The highest BCUT2D eigenvalue weighted by molar-refractivity contribution is 5.48. The lowest BCUT2D eigenvalue weighted by Crippen LogP contribution is -2.35. The fourth-order valence-electron chi connectivity index (χ4n) is 2.25. The van der Waals surface area contributed by atoms with Gasteiger partial charge in [0.15, 0.2) is 0 Å². The summed E-state index contributed by atoms with van der Waals surface area (Å²) in [4.78, 5) is 12.7. The van der Waals surface area contributed by atoms with Crippen molar-refractivity contribution in [2.24, 2.45) is 5.92 Å². The van der Waals surface area contributed by atoms with Crippen molar-refractivity contribution < 1.29 is 4.79 Å². The van der Waals surface area contributed by atoms with Gasteiger partial charge in [-0.2, -0.15) is 0 Å². The monoisotopic (exact) mass is 197 g/mol. The summed E-state index contributed by atoms with van der Waals surface area (Å²) in [7, 11) is 0. The molecule has 0 aromatic heterocycles. The molecule has 1 saturated heterocycles. The summed E-state index contributed by atoms with van der Waals surface area (Å²) in [6.07, 6.45) is 8.14. The van der Waals surface area contributed by atoms with E-state index in [1.54, 1.807) is 0 Å². The van der Waals surface area contributed by atoms with Crippen LogP contribution in [0.2, 0.25) is 0 Å². The first-order chi connectivity index (χ1) is 6.86. The Labute approximate surface area is 87.7 Å². The summed E-state index contributed by atoms with van der Waals surface area (Å²) in [5.74, 6) is 0.926. The van der Waals surface area contributed by atoms with Crippen LogP contribution in [0.1, 0.15) is 45.4 Å². The van der Waals surface area contributed by atoms with Gasteiger partial charge >= 0.3 is 0 Å². The van der Waals surface area contributed by atoms with Gasteiger partial charge in [0.05, 0.1) is 0 Å². The normalized spacial score (nSPS) is 23.6. The second-order valence-corrected chi connectivity index (χ2v) is 4.38. The van der Waals surface area contributed by atoms with E-state index >= 15 is 0 Å². The molecule has 1 aliphatic rings. The van der Waals surface area contributed by atoms with E-state index in [9.17, 15) is 4.79 Å². The van der Waals surface area contributed by atoms with Gasteiger partial charge in [0, 0.05) is 13.0 Å². The lowest BCUT2D eigenvalue weighted by Gasteiger charge is -2.32. The number of likely N-dealkylation sites (tertiary alicyclic amines) is 1. The van der Waals surface area contributed by atoms with Gasteiger partial charge in [-0.25, -0.2) is 0 Å². The van der Waals surface area contributed by atoms with Crippen molar-refractivity contribution >= 4 is 6.29 Å². The van der Waals surface area contributed by atoms with Crippen molar-refractivity contribution in [3.05, 3.63) is 0 Å². The molecule has 0 N–H and O–H groups in total. The highest BCUT2D eigenvalue weighted by atomic mass is 16.1. The van der Waals surface area contributed by atoms with Crippen LogP contribution in [-0.2, 0) is 4.79 Å². The highest BCUT2D eigenvalue weighted by Gasteiger charge is 2.17. The molecule has 0 saturated carbocycles. The summed E-state index contributed by atoms with van der Waals surface area (Å²) >= 11 is 0. The van der Waals surface area contributed by atoms with Gasteiger partial charge in [0.25, 0.3) is 0 Å². The van der Waals surface area contributed by atoms with E-state index in [-0.39, 0.29) is 0 Å². The standard InChI is InChI=1S/C12H23NO/c1-2-12-7-6-9-13(11-12)8-4-3-5-10-14/h10,12H,2-9,11H2,1H3/t12-/m1/s1. The molecule has 1 heterocycles. The molecule has 0 radical (unpaired) electrons. The minimum Gasteiger partial charge on any atom is -0.303 e. The van der Waals surface area contributed by atoms with Crippen molar-refractivity contribution in [3.63, 3.8) is 0 Å². The zero-order valence-corrected chi connectivity index (χ0v) is 9.37. The van der Waals surface area contributed by atoms with Crippen molar-refractivity contribution in [2.45, 2.75) is 45.4 Å². The first-order valence-electron chi connectivity index (χ1n) is 6.02. The summed E-state index contributed by atoms with van der Waals surface area (Å²) in [6.45, 7) is 6.06. The summed E-state index contributed by atoms with van der Waals surface area (Å²) in [5, 5.41) is 0. The Morgan fingerprint density at radius 2 is 2.29 bits per heavy atom. The molecule has 0 spiro atoms. The third-order valence-corrected chi connectivity index (χ3v) is 3.23. The molecule has 1 atom stereocenters. The van der Waals surface area contributed by atoms with Gasteiger partial charge in [0.1, 0.15) is 6.29 Å². The molecule has 82 valence electrons. The molecule has 0 bridgehead atoms. The Hall–Kier alpha value is -0.370. The number of aldehydes is 1. The number of unbranched alkanes of at least 4 members (excludes halogenated alkanes) is 2. The number of rotatable bonds is 6. The maximum Gasteiger partial charge on any atom is 0.119 e. The van der Waals surface area contributed by atoms with E-state index in [1.807, 2.05) is 0 Å². The minimum absolute atomic E-state index is 0.741. The van der Waals surface area contributed by atoms with Crippen LogP contribution in [0.15, 0.2) is 0 Å². The summed E-state index contributed by atoms with van der Waals surface area (Å²) in [6, 6.07) is 0. The number of carbonyl (C=O) groups is 1. The highest BCUT2D eigenvalue weighted by Crippen LogP contribution is 2.19. The average Bonchev–Trinajstić information content (AvgIpc) is 2.25. The first kappa shape index (κ1) is 11.7. The summed E-state index contributed by atoms with van der Waals surface area (Å²) < 4.78 is 0. The van der Waals surface area contributed by atoms with Crippen molar-refractivity contribution in [2.75, 3.05) is 19.6 Å². The molecule has 1 rings (SSSR count). The third kappa shape index (κ3) is 4.23. The Kier molecular flexibility index (Phi) is 5.85. The zero-order chi connectivity index (χ0) is 10.2. The van der Waals surface area contributed by atoms with Crippen LogP contribution in [0.4, 0.5) is 0 Å². The largest absolute Gasteiger partial charge is 0.303 e. The van der Waals surface area contributed by atoms with Gasteiger partial charge in [0.2, 0.25) is 0 Å². The predicted molar refractivity (Wildman–Crippen MR) is 59.4 cm³/mol. The molecule has 14 heavy (non-hydrogen) atoms. The maximum absolute atomic E-state index is 10.1. The predicted octanol–water partition coefficient (Wildman–Crippen LogP) is 2.48. The van der Waals surface area contributed by atoms with E-state index in [0.29, 0.717) is 0 Å². The topological polar surface area (TPSA) is 20.3 Å². The molecular formula is C12H23NO. The number of piperidine rings is 1. The Morgan fingerprint density at radius 3 is 3.00 bits per heavy atom. The molecule has 2 heteroatoms. The second-order valence-electron chi connectivity index (χ2n) is 4.38. The molecule has 1 fully saturated rings. The van der Waals surface area contributed by atoms with Crippen LogP contribution in [0.5, 0.6) is 0 Å². The van der Waals surface area contributed by atoms with Gasteiger partial charge in [-0.1, -0.05) is 13.3 Å². The van der Waals surface area contributed by atoms with E-state index in [0.717, 1.165) is 25.0 Å². The lowest BCUT2D eigenvalue weighted by atomic mass is 9.95. The van der Waals surface area contributed by atoms with Crippen LogP contribution in [-0.4, -0.2) is 30.8 Å². The Morgan fingerprint density at radius 1 is 1.43 bits per heavy atom. The smallest absolute Gasteiger partial charge is 0.119 e. The number of hydrogen-bond acceptors (Lipinski definition) is 2. The average molecular weight is 197 g/mol. The number of hydrogen-bond donors (Lipinski definition) is 0. The van der Waals surface area contributed by atoms with Crippen LogP contribution in [0.3, 0.4) is 0 Å². The molecule has 0 aromatic rings. The number of nitrogens with zero attached hydrogens (tertiary/aromatic N) is 1. The van der Waals surface area contributed by atoms with Crippen LogP contribution >= 0.6 is 0 Å². The maximum atomic E-state index is 10.1. The quantitative estimate of drug-likeness (QED) is 0.481. The molecule has 1 aliphatic heterocycles. The van der Waals surface area contributed by atoms with Gasteiger partial charge in [-0.3, -0.25) is 0 Å². The minimum atomic E-state index is 0.741.